The van der Waals surface area contributed by atoms with Crippen LogP contribution < -0.4 is 15.5 Å². The molecule has 0 unspecified atom stereocenters. The molecule has 2 rings (SSSR count). The number of thiocarbonyl (C=S) groups is 1. The molecule has 0 saturated carbocycles. The average Bonchev–Trinajstić information content (AvgIpc) is 2.61. The van der Waals surface area contributed by atoms with E-state index in [4.69, 9.17) is 12.2 Å². The molecule has 0 heterocycles. The highest BCUT2D eigenvalue weighted by Crippen LogP contribution is 2.16. The number of anilines is 2. The predicted octanol–water partition coefficient (Wildman–Crippen LogP) is 3.33. The van der Waals surface area contributed by atoms with Gasteiger partial charge < -0.3 is 10.2 Å². The molecule has 0 aliphatic heterocycles. The number of rotatable bonds is 4. The monoisotopic (exact) mass is 371 g/mol. The van der Waals surface area contributed by atoms with E-state index in [1.54, 1.807) is 49.5 Å². The number of hydrogen-bond acceptors (Lipinski definition) is 3. The summed E-state index contributed by atoms with van der Waals surface area (Å²) in [6.07, 6.45) is 2.87. The lowest BCUT2D eigenvalue weighted by Gasteiger charge is -2.15. The topological polar surface area (TPSA) is 61.4 Å². The van der Waals surface area contributed by atoms with Crippen LogP contribution in [-0.2, 0) is 9.59 Å². The molecule has 0 fully saturated rings. The summed E-state index contributed by atoms with van der Waals surface area (Å²) in [6.45, 7) is 1.48. The Hall–Kier alpha value is -3.06. The molecule has 0 aromatic heterocycles. The van der Waals surface area contributed by atoms with Gasteiger partial charge in [-0.05, 0) is 60.3 Å². The highest BCUT2D eigenvalue weighted by molar-refractivity contribution is 7.80. The van der Waals surface area contributed by atoms with Crippen molar-refractivity contribution in [2.75, 3.05) is 17.3 Å². The van der Waals surface area contributed by atoms with E-state index in [0.717, 1.165) is 5.69 Å². The standard InChI is InChI=1S/C19H18FN3O2S/c1-13(24)23(2)17-10-8-16(9-11-17)21-19(26)22-18(25)12-5-14-3-6-15(20)7-4-14/h3-12H,1-2H3,(H2,21,22,25,26)/b12-5+. The third kappa shape index (κ3) is 5.78. The van der Waals surface area contributed by atoms with Crippen molar-refractivity contribution in [2.24, 2.45) is 0 Å². The van der Waals surface area contributed by atoms with Gasteiger partial charge in [0.2, 0.25) is 11.8 Å². The van der Waals surface area contributed by atoms with Crippen LogP contribution in [0.3, 0.4) is 0 Å². The van der Waals surface area contributed by atoms with E-state index in [1.165, 1.54) is 30.0 Å². The summed E-state index contributed by atoms with van der Waals surface area (Å²) in [5.41, 5.74) is 2.13. The Labute approximate surface area is 156 Å². The Morgan fingerprint density at radius 2 is 1.69 bits per heavy atom. The minimum atomic E-state index is -0.403. The molecule has 5 nitrogen and oxygen atoms in total. The quantitative estimate of drug-likeness (QED) is 0.639. The zero-order chi connectivity index (χ0) is 19.1. The molecule has 134 valence electrons. The molecule has 26 heavy (non-hydrogen) atoms. The smallest absolute Gasteiger partial charge is 0.250 e. The number of nitrogens with zero attached hydrogens (tertiary/aromatic N) is 1. The summed E-state index contributed by atoms with van der Waals surface area (Å²) in [4.78, 5) is 24.7. The number of benzene rings is 2. The van der Waals surface area contributed by atoms with Crippen LogP contribution in [0.2, 0.25) is 0 Å². The lowest BCUT2D eigenvalue weighted by Crippen LogP contribution is -2.32. The van der Waals surface area contributed by atoms with Gasteiger partial charge >= 0.3 is 0 Å². The van der Waals surface area contributed by atoms with Gasteiger partial charge in [0.1, 0.15) is 5.82 Å². The zero-order valence-electron chi connectivity index (χ0n) is 14.3. The van der Waals surface area contributed by atoms with Crippen LogP contribution in [0.1, 0.15) is 12.5 Å². The zero-order valence-corrected chi connectivity index (χ0v) is 15.1. The minimum absolute atomic E-state index is 0.0681. The Balaban J connectivity index is 1.88. The van der Waals surface area contributed by atoms with Gasteiger partial charge in [-0.25, -0.2) is 4.39 Å². The van der Waals surface area contributed by atoms with Crippen molar-refractivity contribution in [3.63, 3.8) is 0 Å². The van der Waals surface area contributed by atoms with Gasteiger partial charge in [0.05, 0.1) is 0 Å². The molecule has 0 spiro atoms. The molecule has 0 atom stereocenters. The number of amides is 2. The van der Waals surface area contributed by atoms with Crippen LogP contribution >= 0.6 is 12.2 Å². The SMILES string of the molecule is CC(=O)N(C)c1ccc(NC(=S)NC(=O)/C=C/c2ccc(F)cc2)cc1. The highest BCUT2D eigenvalue weighted by Gasteiger charge is 2.06. The summed E-state index contributed by atoms with van der Waals surface area (Å²) in [6, 6.07) is 12.8. The first kappa shape index (κ1) is 19.3. The van der Waals surface area contributed by atoms with Gasteiger partial charge in [-0.15, -0.1) is 0 Å². The van der Waals surface area contributed by atoms with Crippen molar-refractivity contribution in [1.82, 2.24) is 5.32 Å². The van der Waals surface area contributed by atoms with E-state index in [1.807, 2.05) is 0 Å². The van der Waals surface area contributed by atoms with Crippen LogP contribution in [0, 0.1) is 5.82 Å². The molecule has 0 bridgehead atoms. The number of halogens is 1. The summed E-state index contributed by atoms with van der Waals surface area (Å²) >= 11 is 5.10. The van der Waals surface area contributed by atoms with Crippen molar-refractivity contribution in [3.05, 3.63) is 66.0 Å². The molecule has 2 N–H and O–H groups in total. The average molecular weight is 371 g/mol. The Kier molecular flexibility index (Phi) is 6.57. The second-order valence-corrected chi connectivity index (χ2v) is 5.86. The van der Waals surface area contributed by atoms with Gasteiger partial charge in [-0.3, -0.25) is 14.9 Å². The largest absolute Gasteiger partial charge is 0.332 e. The van der Waals surface area contributed by atoms with Crippen molar-refractivity contribution in [2.45, 2.75) is 6.92 Å². The Bertz CT molecular complexity index is 833. The molecule has 2 amide bonds. The normalized spacial score (nSPS) is 10.4. The molecule has 0 aliphatic carbocycles. The van der Waals surface area contributed by atoms with E-state index in [-0.39, 0.29) is 16.8 Å². The summed E-state index contributed by atoms with van der Waals surface area (Å²) < 4.78 is 12.8. The van der Waals surface area contributed by atoms with Crippen LogP contribution in [0.4, 0.5) is 15.8 Å². The van der Waals surface area contributed by atoms with Gasteiger partial charge in [-0.1, -0.05) is 12.1 Å². The maximum absolute atomic E-state index is 12.8. The van der Waals surface area contributed by atoms with Gasteiger partial charge in [0.25, 0.3) is 0 Å². The van der Waals surface area contributed by atoms with Gasteiger partial charge in [0.15, 0.2) is 5.11 Å². The Morgan fingerprint density at radius 3 is 2.27 bits per heavy atom. The minimum Gasteiger partial charge on any atom is -0.332 e. The molecular formula is C19H18FN3O2S. The molecule has 0 aliphatic rings. The van der Waals surface area contributed by atoms with Crippen molar-refractivity contribution in [1.29, 1.82) is 0 Å². The number of hydrogen-bond donors (Lipinski definition) is 2. The first-order valence-electron chi connectivity index (χ1n) is 7.75. The first-order valence-corrected chi connectivity index (χ1v) is 8.16. The summed E-state index contributed by atoms with van der Waals surface area (Å²) in [7, 11) is 1.68. The lowest BCUT2D eigenvalue weighted by molar-refractivity contribution is -0.116. The predicted molar refractivity (Wildman–Crippen MR) is 105 cm³/mol. The third-order valence-electron chi connectivity index (χ3n) is 3.52. The van der Waals surface area contributed by atoms with Gasteiger partial charge in [-0.2, -0.15) is 0 Å². The number of nitrogens with one attached hydrogen (secondary N) is 2. The number of carbonyl (C=O) groups is 2. The molecule has 7 heteroatoms. The molecule has 0 saturated heterocycles. The second kappa shape index (κ2) is 8.87. The third-order valence-corrected chi connectivity index (χ3v) is 3.72. The van der Waals surface area contributed by atoms with E-state index in [9.17, 15) is 14.0 Å². The maximum atomic E-state index is 12.8. The van der Waals surface area contributed by atoms with Crippen LogP contribution in [0.5, 0.6) is 0 Å². The van der Waals surface area contributed by atoms with E-state index in [0.29, 0.717) is 11.3 Å². The van der Waals surface area contributed by atoms with Gasteiger partial charge in [0, 0.05) is 31.4 Å². The highest BCUT2D eigenvalue weighted by atomic mass is 32.1. The molecular weight excluding hydrogens is 353 g/mol. The van der Waals surface area contributed by atoms with Crippen molar-refractivity contribution < 1.29 is 14.0 Å². The van der Waals surface area contributed by atoms with Crippen LogP contribution in [-0.4, -0.2) is 24.0 Å². The van der Waals surface area contributed by atoms with Crippen molar-refractivity contribution in [3.8, 4) is 0 Å². The first-order chi connectivity index (χ1) is 12.3. The fourth-order valence-electron chi connectivity index (χ4n) is 2.01. The van der Waals surface area contributed by atoms with Crippen LogP contribution in [0.25, 0.3) is 6.08 Å². The van der Waals surface area contributed by atoms with Crippen molar-refractivity contribution >= 4 is 46.6 Å². The fourth-order valence-corrected chi connectivity index (χ4v) is 2.23. The van der Waals surface area contributed by atoms with Crippen LogP contribution in [0.15, 0.2) is 54.6 Å². The molecule has 2 aromatic carbocycles. The fraction of sp³-hybridized carbons (Fsp3) is 0.105. The summed E-state index contributed by atoms with van der Waals surface area (Å²) in [5.74, 6) is -0.807. The lowest BCUT2D eigenvalue weighted by atomic mass is 10.2. The maximum Gasteiger partial charge on any atom is 0.250 e. The Morgan fingerprint density at radius 1 is 1.08 bits per heavy atom. The van der Waals surface area contributed by atoms with E-state index < -0.39 is 5.91 Å². The van der Waals surface area contributed by atoms with E-state index >= 15 is 0 Å². The molecule has 2 aromatic rings. The second-order valence-electron chi connectivity index (χ2n) is 5.45. The summed E-state index contributed by atoms with van der Waals surface area (Å²) in [5, 5.41) is 5.55. The van der Waals surface area contributed by atoms with E-state index in [2.05, 4.69) is 10.6 Å². The number of carbonyl (C=O) groups excluding carboxylic acids is 2. The molecule has 0 radical (unpaired) electrons.